The summed E-state index contributed by atoms with van der Waals surface area (Å²) in [6.07, 6.45) is 1.60. The molecule has 0 bridgehead atoms. The Kier molecular flexibility index (Phi) is 1.82. The number of carbonyl (C=O) groups is 1. The second-order valence-corrected chi connectivity index (χ2v) is 3.98. The molecule has 0 saturated carbocycles. The fourth-order valence-electron chi connectivity index (χ4n) is 1.57. The number of aromatic nitrogens is 1. The molecule has 0 aliphatic carbocycles. The van der Waals surface area contributed by atoms with E-state index in [1.807, 2.05) is 13.8 Å². The standard InChI is InChI=1S/C10H12N2O2/c1-10(2)8-7(12-9(10)14)3-6(5-13)4-11-8/h3-4,13H,5H2,1-2H3,(H,12,14). The van der Waals surface area contributed by atoms with Crippen molar-refractivity contribution in [2.75, 3.05) is 5.32 Å². The van der Waals surface area contributed by atoms with Gasteiger partial charge in [0.2, 0.25) is 5.91 Å². The molecular weight excluding hydrogens is 180 g/mol. The van der Waals surface area contributed by atoms with Crippen molar-refractivity contribution in [3.8, 4) is 0 Å². The van der Waals surface area contributed by atoms with Crippen molar-refractivity contribution in [1.82, 2.24) is 4.98 Å². The Morgan fingerprint density at radius 2 is 2.29 bits per heavy atom. The zero-order valence-electron chi connectivity index (χ0n) is 8.16. The summed E-state index contributed by atoms with van der Waals surface area (Å²) in [7, 11) is 0. The Morgan fingerprint density at radius 3 is 2.93 bits per heavy atom. The van der Waals surface area contributed by atoms with Crippen molar-refractivity contribution in [3.05, 3.63) is 23.5 Å². The van der Waals surface area contributed by atoms with Crippen LogP contribution >= 0.6 is 0 Å². The van der Waals surface area contributed by atoms with E-state index in [1.54, 1.807) is 12.3 Å². The third-order valence-electron chi connectivity index (χ3n) is 2.53. The van der Waals surface area contributed by atoms with E-state index >= 15 is 0 Å². The van der Waals surface area contributed by atoms with Gasteiger partial charge < -0.3 is 10.4 Å². The lowest BCUT2D eigenvalue weighted by atomic mass is 9.90. The van der Waals surface area contributed by atoms with Crippen LogP contribution in [0.4, 0.5) is 5.69 Å². The minimum Gasteiger partial charge on any atom is -0.392 e. The Hall–Kier alpha value is -1.42. The van der Waals surface area contributed by atoms with Gasteiger partial charge in [0.25, 0.3) is 0 Å². The quantitative estimate of drug-likeness (QED) is 0.692. The maximum atomic E-state index is 11.5. The largest absolute Gasteiger partial charge is 0.392 e. The first-order chi connectivity index (χ1) is 6.55. The van der Waals surface area contributed by atoms with Gasteiger partial charge in [-0.1, -0.05) is 0 Å². The first kappa shape index (κ1) is 9.15. The van der Waals surface area contributed by atoms with Crippen LogP contribution in [0.15, 0.2) is 12.3 Å². The number of hydrogen-bond acceptors (Lipinski definition) is 3. The fraction of sp³-hybridized carbons (Fsp3) is 0.400. The molecule has 4 heteroatoms. The monoisotopic (exact) mass is 192 g/mol. The SMILES string of the molecule is CC1(C)C(=O)Nc2cc(CO)cnc21. The van der Waals surface area contributed by atoms with Crippen LogP contribution in [0.3, 0.4) is 0 Å². The van der Waals surface area contributed by atoms with E-state index in [-0.39, 0.29) is 12.5 Å². The zero-order valence-corrected chi connectivity index (χ0v) is 8.16. The van der Waals surface area contributed by atoms with E-state index in [4.69, 9.17) is 5.11 Å². The van der Waals surface area contributed by atoms with Gasteiger partial charge in [0.1, 0.15) is 0 Å². The number of aliphatic hydroxyl groups excluding tert-OH is 1. The second kappa shape index (κ2) is 2.78. The number of amides is 1. The number of aliphatic hydroxyl groups is 1. The van der Waals surface area contributed by atoms with Gasteiger partial charge in [-0.2, -0.15) is 0 Å². The first-order valence-electron chi connectivity index (χ1n) is 4.47. The Bertz CT molecular complexity index is 399. The lowest BCUT2D eigenvalue weighted by Crippen LogP contribution is -2.27. The summed E-state index contributed by atoms with van der Waals surface area (Å²) in [5.74, 6) is -0.0462. The summed E-state index contributed by atoms with van der Waals surface area (Å²) in [6, 6.07) is 1.76. The number of pyridine rings is 1. The van der Waals surface area contributed by atoms with E-state index < -0.39 is 5.41 Å². The number of hydrogen-bond donors (Lipinski definition) is 2. The highest BCUT2D eigenvalue weighted by molar-refractivity contribution is 6.04. The van der Waals surface area contributed by atoms with Gasteiger partial charge in [0.05, 0.1) is 23.4 Å². The number of nitrogens with zero attached hydrogens (tertiary/aromatic N) is 1. The molecule has 1 aromatic heterocycles. The topological polar surface area (TPSA) is 62.2 Å². The molecule has 0 aromatic carbocycles. The Labute approximate surface area is 82.0 Å². The number of fused-ring (bicyclic) bond motifs is 1. The summed E-state index contributed by atoms with van der Waals surface area (Å²) in [5, 5.41) is 11.7. The number of anilines is 1. The zero-order chi connectivity index (χ0) is 10.3. The molecule has 14 heavy (non-hydrogen) atoms. The summed E-state index contributed by atoms with van der Waals surface area (Å²) < 4.78 is 0. The van der Waals surface area contributed by atoms with Gasteiger partial charge in [0, 0.05) is 6.20 Å². The van der Waals surface area contributed by atoms with Crippen molar-refractivity contribution < 1.29 is 9.90 Å². The molecule has 0 atom stereocenters. The molecule has 2 N–H and O–H groups in total. The van der Waals surface area contributed by atoms with Crippen LogP contribution in [-0.2, 0) is 16.8 Å². The van der Waals surface area contributed by atoms with Crippen LogP contribution in [0.5, 0.6) is 0 Å². The lowest BCUT2D eigenvalue weighted by molar-refractivity contribution is -0.119. The number of carbonyl (C=O) groups excluding carboxylic acids is 1. The van der Waals surface area contributed by atoms with Gasteiger partial charge in [0.15, 0.2) is 0 Å². The summed E-state index contributed by atoms with van der Waals surface area (Å²) >= 11 is 0. The van der Waals surface area contributed by atoms with Crippen LogP contribution in [0.1, 0.15) is 25.1 Å². The molecular formula is C10H12N2O2. The average Bonchev–Trinajstić information content (AvgIpc) is 2.38. The predicted octanol–water partition coefficient (Wildman–Crippen LogP) is 0.804. The molecule has 1 amide bonds. The molecule has 1 aliphatic heterocycles. The van der Waals surface area contributed by atoms with E-state index in [0.717, 1.165) is 5.69 Å². The van der Waals surface area contributed by atoms with E-state index in [1.165, 1.54) is 0 Å². The Morgan fingerprint density at radius 1 is 1.57 bits per heavy atom. The van der Waals surface area contributed by atoms with Crippen LogP contribution in [0.25, 0.3) is 0 Å². The van der Waals surface area contributed by atoms with Crippen molar-refractivity contribution >= 4 is 11.6 Å². The lowest BCUT2D eigenvalue weighted by Gasteiger charge is -2.13. The van der Waals surface area contributed by atoms with Gasteiger partial charge in [-0.05, 0) is 25.5 Å². The number of nitrogens with one attached hydrogen (secondary N) is 1. The van der Waals surface area contributed by atoms with Gasteiger partial charge >= 0.3 is 0 Å². The molecule has 0 radical (unpaired) electrons. The van der Waals surface area contributed by atoms with Crippen LogP contribution in [0, 0.1) is 0 Å². The predicted molar refractivity (Wildman–Crippen MR) is 51.8 cm³/mol. The van der Waals surface area contributed by atoms with Crippen molar-refractivity contribution in [2.24, 2.45) is 0 Å². The summed E-state index contributed by atoms with van der Waals surface area (Å²) in [5.41, 5.74) is 1.61. The molecule has 0 unspecified atom stereocenters. The van der Waals surface area contributed by atoms with Gasteiger partial charge in [-0.25, -0.2) is 0 Å². The van der Waals surface area contributed by atoms with Crippen LogP contribution < -0.4 is 5.32 Å². The molecule has 0 saturated heterocycles. The fourth-order valence-corrected chi connectivity index (χ4v) is 1.57. The highest BCUT2D eigenvalue weighted by Gasteiger charge is 2.39. The van der Waals surface area contributed by atoms with Crippen LogP contribution in [-0.4, -0.2) is 16.0 Å². The maximum absolute atomic E-state index is 11.5. The molecule has 1 aliphatic rings. The Balaban J connectivity index is 2.54. The highest BCUT2D eigenvalue weighted by Crippen LogP contribution is 2.35. The van der Waals surface area contributed by atoms with Gasteiger partial charge in [-0.15, -0.1) is 0 Å². The second-order valence-electron chi connectivity index (χ2n) is 3.98. The smallest absolute Gasteiger partial charge is 0.236 e. The summed E-state index contributed by atoms with van der Waals surface area (Å²) in [6.45, 7) is 3.61. The molecule has 0 spiro atoms. The van der Waals surface area contributed by atoms with E-state index in [2.05, 4.69) is 10.3 Å². The molecule has 0 fully saturated rings. The molecule has 2 rings (SSSR count). The normalized spacial score (nSPS) is 17.8. The first-order valence-corrected chi connectivity index (χ1v) is 4.47. The third kappa shape index (κ3) is 1.11. The maximum Gasteiger partial charge on any atom is 0.236 e. The molecule has 2 heterocycles. The highest BCUT2D eigenvalue weighted by atomic mass is 16.3. The minimum absolute atomic E-state index is 0.0462. The third-order valence-corrected chi connectivity index (χ3v) is 2.53. The number of rotatable bonds is 1. The molecule has 4 nitrogen and oxygen atoms in total. The van der Waals surface area contributed by atoms with E-state index in [0.29, 0.717) is 11.3 Å². The van der Waals surface area contributed by atoms with Crippen molar-refractivity contribution in [1.29, 1.82) is 0 Å². The average molecular weight is 192 g/mol. The minimum atomic E-state index is -0.566. The van der Waals surface area contributed by atoms with Crippen LogP contribution in [0.2, 0.25) is 0 Å². The van der Waals surface area contributed by atoms with Crippen molar-refractivity contribution in [3.63, 3.8) is 0 Å². The van der Waals surface area contributed by atoms with Gasteiger partial charge in [-0.3, -0.25) is 9.78 Å². The summed E-state index contributed by atoms with van der Waals surface area (Å²) in [4.78, 5) is 15.7. The molecule has 1 aromatic rings. The van der Waals surface area contributed by atoms with E-state index in [9.17, 15) is 4.79 Å². The molecule has 74 valence electrons. The van der Waals surface area contributed by atoms with Crippen molar-refractivity contribution in [2.45, 2.75) is 25.9 Å².